The van der Waals surface area contributed by atoms with Gasteiger partial charge in [0.25, 0.3) is 5.91 Å². The van der Waals surface area contributed by atoms with E-state index in [0.717, 1.165) is 54.6 Å². The first-order valence-electron chi connectivity index (χ1n) is 11.4. The van der Waals surface area contributed by atoms with Crippen LogP contribution in [0.25, 0.3) is 5.57 Å². The molecule has 1 amide bonds. The Balaban J connectivity index is 1.42. The number of rotatable bonds is 6. The third-order valence-corrected chi connectivity index (χ3v) is 6.49. The first-order chi connectivity index (χ1) is 16.8. The number of pyridine rings is 2. The number of carbonyl (C=O) groups is 1. The van der Waals surface area contributed by atoms with Gasteiger partial charge in [0.2, 0.25) is 0 Å². The van der Waals surface area contributed by atoms with E-state index in [1.54, 1.807) is 24.5 Å². The van der Waals surface area contributed by atoms with E-state index in [1.807, 2.05) is 24.3 Å². The van der Waals surface area contributed by atoms with E-state index in [9.17, 15) is 18.0 Å². The Kier molecular flexibility index (Phi) is 7.86. The molecule has 1 aliphatic carbocycles. The van der Waals surface area contributed by atoms with E-state index >= 15 is 0 Å². The van der Waals surface area contributed by atoms with Gasteiger partial charge in [-0.25, -0.2) is 0 Å². The number of benzene rings is 1. The average Bonchev–Trinajstić information content (AvgIpc) is 2.86. The Bertz CT molecular complexity index is 1180. The van der Waals surface area contributed by atoms with Crippen LogP contribution in [0.2, 0.25) is 0 Å². The minimum atomic E-state index is -4.40. The molecule has 0 spiro atoms. The lowest BCUT2D eigenvalue weighted by Gasteiger charge is -2.27. The molecule has 4 rings (SSSR count). The smallest absolute Gasteiger partial charge is 0.349 e. The molecular formula is C27H25ClF3N3O. The van der Waals surface area contributed by atoms with Gasteiger partial charge in [-0.05, 0) is 66.6 Å². The lowest BCUT2D eigenvalue weighted by Crippen LogP contribution is -2.36. The predicted molar refractivity (Wildman–Crippen MR) is 130 cm³/mol. The minimum Gasteiger partial charge on any atom is -0.349 e. The molecule has 0 aliphatic heterocycles. The normalized spacial score (nSPS) is 16.1. The molecule has 1 aromatic carbocycles. The number of aromatic nitrogens is 2. The average molecular weight is 500 g/mol. The van der Waals surface area contributed by atoms with Crippen LogP contribution in [-0.4, -0.2) is 27.8 Å². The number of allylic oxidation sites excluding steroid dienone is 2. The fourth-order valence-electron chi connectivity index (χ4n) is 4.33. The zero-order chi connectivity index (χ0) is 24.8. The van der Waals surface area contributed by atoms with E-state index in [1.165, 1.54) is 11.6 Å². The highest BCUT2D eigenvalue weighted by molar-refractivity contribution is 6.23. The van der Waals surface area contributed by atoms with Crippen LogP contribution in [0.5, 0.6) is 0 Å². The first-order valence-corrected chi connectivity index (χ1v) is 12.0. The van der Waals surface area contributed by atoms with Crippen LogP contribution < -0.4 is 5.32 Å². The predicted octanol–water partition coefficient (Wildman–Crippen LogP) is 6.45. The molecule has 0 unspecified atom stereocenters. The van der Waals surface area contributed by atoms with Crippen molar-refractivity contribution in [1.82, 2.24) is 15.3 Å². The van der Waals surface area contributed by atoms with Gasteiger partial charge in [0, 0.05) is 42.6 Å². The van der Waals surface area contributed by atoms with Crippen LogP contribution >= 0.6 is 11.6 Å². The van der Waals surface area contributed by atoms with Crippen molar-refractivity contribution < 1.29 is 18.0 Å². The summed E-state index contributed by atoms with van der Waals surface area (Å²) in [4.78, 5) is 20.4. The number of hydrogen-bond acceptors (Lipinski definition) is 3. The molecule has 182 valence electrons. The van der Waals surface area contributed by atoms with Gasteiger partial charge < -0.3 is 5.32 Å². The van der Waals surface area contributed by atoms with Crippen LogP contribution in [0.3, 0.4) is 0 Å². The number of nitrogens with one attached hydrogen (secondary N) is 1. The van der Waals surface area contributed by atoms with Crippen LogP contribution in [0.15, 0.2) is 72.7 Å². The van der Waals surface area contributed by atoms with Crippen molar-refractivity contribution in [2.45, 2.75) is 44.3 Å². The molecule has 1 fully saturated rings. The molecule has 0 saturated heterocycles. The third kappa shape index (κ3) is 6.48. The van der Waals surface area contributed by atoms with Crippen molar-refractivity contribution in [3.63, 3.8) is 0 Å². The van der Waals surface area contributed by atoms with Gasteiger partial charge in [-0.2, -0.15) is 13.2 Å². The molecule has 8 heteroatoms. The number of amides is 1. The lowest BCUT2D eigenvalue weighted by atomic mass is 9.85. The van der Waals surface area contributed by atoms with Gasteiger partial charge in [0.05, 0.1) is 11.1 Å². The molecule has 0 atom stereocenters. The topological polar surface area (TPSA) is 54.9 Å². The summed E-state index contributed by atoms with van der Waals surface area (Å²) in [5, 5.41) is 3.09. The van der Waals surface area contributed by atoms with Gasteiger partial charge in [-0.1, -0.05) is 29.8 Å². The van der Waals surface area contributed by atoms with E-state index in [2.05, 4.69) is 15.3 Å². The number of nitrogens with zero attached hydrogens (tertiary/aromatic N) is 2. The van der Waals surface area contributed by atoms with Gasteiger partial charge in [0.15, 0.2) is 0 Å². The quantitative estimate of drug-likeness (QED) is 0.396. The third-order valence-electron chi connectivity index (χ3n) is 6.22. The van der Waals surface area contributed by atoms with Crippen molar-refractivity contribution in [3.05, 3.63) is 101 Å². The van der Waals surface area contributed by atoms with Crippen molar-refractivity contribution >= 4 is 23.1 Å². The van der Waals surface area contributed by atoms with E-state index in [4.69, 9.17) is 11.6 Å². The molecular weight excluding hydrogens is 475 g/mol. The van der Waals surface area contributed by atoms with E-state index < -0.39 is 11.7 Å². The summed E-state index contributed by atoms with van der Waals surface area (Å²) in [6.45, 7) is 0. The van der Waals surface area contributed by atoms with Crippen molar-refractivity contribution in [2.24, 2.45) is 0 Å². The number of halogens is 4. The molecule has 1 aliphatic rings. The molecule has 2 heterocycles. The van der Waals surface area contributed by atoms with Crippen molar-refractivity contribution in [2.75, 3.05) is 5.88 Å². The van der Waals surface area contributed by atoms with Gasteiger partial charge in [0.1, 0.15) is 0 Å². The molecule has 1 saturated carbocycles. The van der Waals surface area contributed by atoms with Gasteiger partial charge >= 0.3 is 6.18 Å². The summed E-state index contributed by atoms with van der Waals surface area (Å²) >= 11 is 6.36. The van der Waals surface area contributed by atoms with Crippen LogP contribution in [0.1, 0.15) is 58.4 Å². The maximum absolute atomic E-state index is 12.8. The second-order valence-electron chi connectivity index (χ2n) is 8.62. The van der Waals surface area contributed by atoms with E-state index in [0.29, 0.717) is 23.6 Å². The Morgan fingerprint density at radius 2 is 1.80 bits per heavy atom. The van der Waals surface area contributed by atoms with Crippen molar-refractivity contribution in [3.8, 4) is 0 Å². The second-order valence-corrected chi connectivity index (χ2v) is 8.89. The Morgan fingerprint density at radius 1 is 1.03 bits per heavy atom. The molecule has 2 aromatic heterocycles. The van der Waals surface area contributed by atoms with E-state index in [-0.39, 0.29) is 11.9 Å². The molecule has 3 aromatic rings. The highest BCUT2D eigenvalue weighted by Crippen LogP contribution is 2.33. The number of alkyl halides is 4. The summed E-state index contributed by atoms with van der Waals surface area (Å²) in [5.74, 6) is 0.252. The Morgan fingerprint density at radius 3 is 2.43 bits per heavy atom. The highest BCUT2D eigenvalue weighted by atomic mass is 35.5. The Hall–Kier alpha value is -3.19. The molecule has 35 heavy (non-hydrogen) atoms. The largest absolute Gasteiger partial charge is 0.417 e. The number of hydrogen-bond donors (Lipinski definition) is 1. The Labute approximate surface area is 207 Å². The van der Waals surface area contributed by atoms with Crippen LogP contribution in [-0.2, 0) is 12.6 Å². The standard InChI is InChI=1S/C27H25ClF3N3O/c28-15-25(19-6-9-23(10-7-19)34-26(35)21-5-2-12-32-16-21)20-4-1-3-18(13-20)14-24-11-8-22(17-33-24)27(29,30)31/h1-5,8,11-13,16-17,23H,6-7,9-10,14-15H2,(H,34,35). The van der Waals surface area contributed by atoms with Crippen molar-refractivity contribution in [1.29, 1.82) is 0 Å². The summed E-state index contributed by atoms with van der Waals surface area (Å²) in [5.41, 5.74) is 4.68. The zero-order valence-corrected chi connectivity index (χ0v) is 19.7. The maximum Gasteiger partial charge on any atom is 0.417 e. The monoisotopic (exact) mass is 499 g/mol. The summed E-state index contributed by atoms with van der Waals surface area (Å²) in [6, 6.07) is 14.0. The van der Waals surface area contributed by atoms with Gasteiger partial charge in [-0.3, -0.25) is 14.8 Å². The number of carbonyl (C=O) groups excluding carboxylic acids is 1. The second kappa shape index (κ2) is 11.0. The molecule has 0 bridgehead atoms. The first kappa shape index (κ1) is 24.9. The SMILES string of the molecule is O=C(NC1CCC(=C(CCl)c2cccc(Cc3ccc(C(F)(F)F)cn3)c2)CC1)c1cccnc1. The molecule has 1 N–H and O–H groups in total. The fourth-order valence-corrected chi connectivity index (χ4v) is 4.67. The molecule has 0 radical (unpaired) electrons. The minimum absolute atomic E-state index is 0.0973. The highest BCUT2D eigenvalue weighted by Gasteiger charge is 2.30. The van der Waals surface area contributed by atoms with Gasteiger partial charge in [-0.15, -0.1) is 11.6 Å². The maximum atomic E-state index is 12.8. The fraction of sp³-hybridized carbons (Fsp3) is 0.296. The van der Waals surface area contributed by atoms with Crippen LogP contribution in [0.4, 0.5) is 13.2 Å². The van der Waals surface area contributed by atoms with Crippen LogP contribution in [0, 0.1) is 0 Å². The zero-order valence-electron chi connectivity index (χ0n) is 19.0. The molecule has 4 nitrogen and oxygen atoms in total. The lowest BCUT2D eigenvalue weighted by molar-refractivity contribution is -0.137. The summed E-state index contributed by atoms with van der Waals surface area (Å²) in [6.07, 6.45) is 3.44. The summed E-state index contributed by atoms with van der Waals surface area (Å²) < 4.78 is 38.4. The summed E-state index contributed by atoms with van der Waals surface area (Å²) in [7, 11) is 0.